The summed E-state index contributed by atoms with van der Waals surface area (Å²) in [7, 11) is -3.41. The first-order valence-corrected chi connectivity index (χ1v) is 7.48. The van der Waals surface area contributed by atoms with E-state index >= 15 is 0 Å². The van der Waals surface area contributed by atoms with E-state index in [2.05, 4.69) is 4.72 Å². The molecule has 0 saturated carbocycles. The van der Waals surface area contributed by atoms with Crippen molar-refractivity contribution >= 4 is 15.9 Å². The third-order valence-corrected chi connectivity index (χ3v) is 4.76. The Hall–Kier alpha value is -1.11. The predicted octanol–water partition coefficient (Wildman–Crippen LogP) is 0.870. The molecule has 0 radical (unpaired) electrons. The van der Waals surface area contributed by atoms with Gasteiger partial charge >= 0.3 is 0 Å². The zero-order chi connectivity index (χ0) is 13.3. The highest BCUT2D eigenvalue weighted by Crippen LogP contribution is 2.25. The summed E-state index contributed by atoms with van der Waals surface area (Å²) in [6, 6.07) is 5.62. The first-order chi connectivity index (χ1) is 8.40. The molecular weight excluding hydrogens is 250 g/mol. The first-order valence-electron chi connectivity index (χ1n) is 6.04. The van der Waals surface area contributed by atoms with Crippen molar-refractivity contribution in [3.63, 3.8) is 0 Å². The Morgan fingerprint density at radius 2 is 2.11 bits per heavy atom. The van der Waals surface area contributed by atoms with Gasteiger partial charge in [-0.3, -0.25) is 0 Å². The number of nitrogens with zero attached hydrogens (tertiary/aromatic N) is 1. The fourth-order valence-corrected chi connectivity index (χ4v) is 3.54. The smallest absolute Gasteiger partial charge is 0.279 e. The van der Waals surface area contributed by atoms with Gasteiger partial charge in [0.1, 0.15) is 0 Å². The number of rotatable bonds is 3. The van der Waals surface area contributed by atoms with Crippen LogP contribution < -0.4 is 10.5 Å². The number of hydrogen-bond acceptors (Lipinski definition) is 3. The number of fused-ring (bicyclic) bond motifs is 1. The zero-order valence-corrected chi connectivity index (χ0v) is 11.5. The van der Waals surface area contributed by atoms with E-state index in [0.717, 1.165) is 11.1 Å². The van der Waals surface area contributed by atoms with E-state index in [0.29, 0.717) is 25.2 Å². The summed E-state index contributed by atoms with van der Waals surface area (Å²) in [5, 5.41) is 0. The van der Waals surface area contributed by atoms with Gasteiger partial charge in [0.15, 0.2) is 0 Å². The lowest BCUT2D eigenvalue weighted by Crippen LogP contribution is -2.45. The summed E-state index contributed by atoms with van der Waals surface area (Å²) in [4.78, 5) is 0. The standard InChI is InChI=1S/C12H19N3O2S/c1-9(2)14-18(16,17)15-7-6-10-4-3-5-12(13)11(10)8-15/h3-5,9,14H,6-8,13H2,1-2H3. The van der Waals surface area contributed by atoms with Crippen molar-refractivity contribution < 1.29 is 8.42 Å². The van der Waals surface area contributed by atoms with Crippen molar-refractivity contribution in [1.82, 2.24) is 9.03 Å². The van der Waals surface area contributed by atoms with Gasteiger partial charge in [-0.1, -0.05) is 12.1 Å². The molecule has 2 rings (SSSR count). The monoisotopic (exact) mass is 269 g/mol. The molecule has 18 heavy (non-hydrogen) atoms. The minimum absolute atomic E-state index is 0.107. The Balaban J connectivity index is 2.24. The quantitative estimate of drug-likeness (QED) is 0.799. The second kappa shape index (κ2) is 4.87. The molecule has 3 N–H and O–H groups in total. The van der Waals surface area contributed by atoms with Crippen molar-refractivity contribution in [2.24, 2.45) is 0 Å². The van der Waals surface area contributed by atoms with Gasteiger partial charge in [0, 0.05) is 24.8 Å². The first kappa shape index (κ1) is 13.3. The van der Waals surface area contributed by atoms with Crippen LogP contribution in [0.25, 0.3) is 0 Å². The number of anilines is 1. The number of hydrogen-bond donors (Lipinski definition) is 2. The maximum atomic E-state index is 12.1. The predicted molar refractivity (Wildman–Crippen MR) is 72.2 cm³/mol. The van der Waals surface area contributed by atoms with Crippen LogP contribution in [0.2, 0.25) is 0 Å². The van der Waals surface area contributed by atoms with E-state index in [4.69, 9.17) is 5.73 Å². The molecular formula is C12H19N3O2S. The van der Waals surface area contributed by atoms with Crippen LogP contribution in [0.1, 0.15) is 25.0 Å². The summed E-state index contributed by atoms with van der Waals surface area (Å²) >= 11 is 0. The summed E-state index contributed by atoms with van der Waals surface area (Å²) in [5.41, 5.74) is 8.64. The van der Waals surface area contributed by atoms with Crippen molar-refractivity contribution in [1.29, 1.82) is 0 Å². The number of nitrogen functional groups attached to an aromatic ring is 1. The van der Waals surface area contributed by atoms with E-state index in [1.165, 1.54) is 4.31 Å². The van der Waals surface area contributed by atoms with E-state index < -0.39 is 10.2 Å². The Morgan fingerprint density at radius 1 is 1.39 bits per heavy atom. The molecule has 1 aliphatic rings. The maximum Gasteiger partial charge on any atom is 0.279 e. The van der Waals surface area contributed by atoms with Crippen LogP contribution in [-0.2, 0) is 23.2 Å². The van der Waals surface area contributed by atoms with Gasteiger partial charge in [0.25, 0.3) is 10.2 Å². The highest BCUT2D eigenvalue weighted by molar-refractivity contribution is 7.87. The van der Waals surface area contributed by atoms with Crippen LogP contribution in [0.5, 0.6) is 0 Å². The van der Waals surface area contributed by atoms with Crippen LogP contribution in [0, 0.1) is 0 Å². The Morgan fingerprint density at radius 3 is 2.78 bits per heavy atom. The van der Waals surface area contributed by atoms with E-state index in [1.807, 2.05) is 32.0 Å². The van der Waals surface area contributed by atoms with Gasteiger partial charge in [-0.05, 0) is 37.5 Å². The summed E-state index contributed by atoms with van der Waals surface area (Å²) < 4.78 is 28.2. The molecule has 100 valence electrons. The third-order valence-electron chi connectivity index (χ3n) is 3.00. The Bertz CT molecular complexity index is 540. The molecule has 0 atom stereocenters. The van der Waals surface area contributed by atoms with E-state index in [9.17, 15) is 8.42 Å². The van der Waals surface area contributed by atoms with Gasteiger partial charge in [0.05, 0.1) is 0 Å². The largest absolute Gasteiger partial charge is 0.398 e. The van der Waals surface area contributed by atoms with Gasteiger partial charge in [-0.2, -0.15) is 17.4 Å². The molecule has 0 saturated heterocycles. The number of nitrogens with two attached hydrogens (primary N) is 1. The summed E-state index contributed by atoms with van der Waals surface area (Å²) in [5.74, 6) is 0. The summed E-state index contributed by atoms with van der Waals surface area (Å²) in [6.07, 6.45) is 0.708. The molecule has 1 heterocycles. The second-order valence-electron chi connectivity index (χ2n) is 4.85. The molecule has 0 spiro atoms. The summed E-state index contributed by atoms with van der Waals surface area (Å²) in [6.45, 7) is 4.47. The molecule has 0 aromatic heterocycles. The van der Waals surface area contributed by atoms with Crippen molar-refractivity contribution in [2.75, 3.05) is 12.3 Å². The van der Waals surface area contributed by atoms with Gasteiger partial charge in [-0.15, -0.1) is 0 Å². The van der Waals surface area contributed by atoms with Crippen LogP contribution in [0.4, 0.5) is 5.69 Å². The maximum absolute atomic E-state index is 12.1. The molecule has 0 amide bonds. The van der Waals surface area contributed by atoms with Crippen molar-refractivity contribution in [3.8, 4) is 0 Å². The van der Waals surface area contributed by atoms with Gasteiger partial charge in [-0.25, -0.2) is 0 Å². The number of benzene rings is 1. The fraction of sp³-hybridized carbons (Fsp3) is 0.500. The van der Waals surface area contributed by atoms with Crippen molar-refractivity contribution in [3.05, 3.63) is 29.3 Å². The highest BCUT2D eigenvalue weighted by atomic mass is 32.2. The lowest BCUT2D eigenvalue weighted by Gasteiger charge is -2.29. The fourth-order valence-electron chi connectivity index (χ4n) is 2.16. The Labute approximate surface area is 108 Å². The van der Waals surface area contributed by atoms with Crippen molar-refractivity contribution in [2.45, 2.75) is 32.9 Å². The molecule has 6 heteroatoms. The van der Waals surface area contributed by atoms with Gasteiger partial charge in [0.2, 0.25) is 0 Å². The molecule has 0 aliphatic carbocycles. The van der Waals surface area contributed by atoms with E-state index in [1.54, 1.807) is 0 Å². The van der Waals surface area contributed by atoms with E-state index in [-0.39, 0.29) is 6.04 Å². The third kappa shape index (κ3) is 2.66. The normalized spacial score (nSPS) is 16.8. The average molecular weight is 269 g/mol. The lowest BCUT2D eigenvalue weighted by molar-refractivity contribution is 0.381. The molecule has 1 aromatic rings. The molecule has 0 bridgehead atoms. The molecule has 0 fully saturated rings. The van der Waals surface area contributed by atoms with Crippen LogP contribution in [0.3, 0.4) is 0 Å². The molecule has 5 nitrogen and oxygen atoms in total. The highest BCUT2D eigenvalue weighted by Gasteiger charge is 2.27. The van der Waals surface area contributed by atoms with Crippen LogP contribution >= 0.6 is 0 Å². The molecule has 1 aliphatic heterocycles. The second-order valence-corrected chi connectivity index (χ2v) is 6.55. The lowest BCUT2D eigenvalue weighted by atomic mass is 10.00. The Kier molecular flexibility index (Phi) is 3.61. The topological polar surface area (TPSA) is 75.4 Å². The number of nitrogens with one attached hydrogen (secondary N) is 1. The van der Waals surface area contributed by atoms with Crippen LogP contribution in [-0.4, -0.2) is 25.3 Å². The molecule has 1 aromatic carbocycles. The zero-order valence-electron chi connectivity index (χ0n) is 10.7. The van der Waals surface area contributed by atoms with Crippen LogP contribution in [0.15, 0.2) is 18.2 Å². The minimum Gasteiger partial charge on any atom is -0.398 e. The van der Waals surface area contributed by atoms with Gasteiger partial charge < -0.3 is 5.73 Å². The SMILES string of the molecule is CC(C)NS(=O)(=O)N1CCc2cccc(N)c2C1. The molecule has 0 unspecified atom stereocenters. The minimum atomic E-state index is -3.41. The average Bonchev–Trinajstić information content (AvgIpc) is 2.27.